The van der Waals surface area contributed by atoms with E-state index in [9.17, 15) is 9.59 Å². The number of Topliss-reactive ketones (excluding diaryl/α,β-unsaturated/α-hetero) is 1. The average Bonchev–Trinajstić information content (AvgIpc) is 2.30. The summed E-state index contributed by atoms with van der Waals surface area (Å²) in [6.07, 6.45) is -0.463. The van der Waals surface area contributed by atoms with Crippen LogP contribution in [0.25, 0.3) is 0 Å². The van der Waals surface area contributed by atoms with Gasteiger partial charge >= 0.3 is 5.97 Å². The molecule has 0 saturated heterocycles. The van der Waals surface area contributed by atoms with Gasteiger partial charge in [0.1, 0.15) is 13.0 Å². The Morgan fingerprint density at radius 3 is 2.24 bits per heavy atom. The van der Waals surface area contributed by atoms with Crippen LogP contribution in [0.15, 0.2) is 0 Å². The first-order valence-electron chi connectivity index (χ1n) is 5.47. The molecule has 0 unspecified atom stereocenters. The van der Waals surface area contributed by atoms with Crippen LogP contribution < -0.4 is 0 Å². The van der Waals surface area contributed by atoms with Gasteiger partial charge in [-0.25, -0.2) is 0 Å². The zero-order chi connectivity index (χ0) is 13.1. The molecule has 0 amide bonds. The van der Waals surface area contributed by atoms with Crippen molar-refractivity contribution in [3.05, 3.63) is 0 Å². The first-order valence-corrected chi connectivity index (χ1v) is 5.47. The van der Waals surface area contributed by atoms with Crippen LogP contribution in [0.2, 0.25) is 0 Å². The predicted octanol–water partition coefficient (Wildman–Crippen LogP) is 0.534. The normalized spacial score (nSPS) is 10.6. The summed E-state index contributed by atoms with van der Waals surface area (Å²) >= 11 is 0. The molecule has 0 aliphatic rings. The molecule has 0 aliphatic heterocycles. The van der Waals surface area contributed by atoms with Crippen LogP contribution in [-0.2, 0) is 28.5 Å². The number of methoxy groups -OCH3 is 2. The number of carbonyl (C=O) groups excluding carboxylic acids is 2. The second kappa shape index (κ2) is 10.2. The summed E-state index contributed by atoms with van der Waals surface area (Å²) in [5, 5.41) is 0. The molecule has 0 heterocycles. The lowest BCUT2D eigenvalue weighted by Gasteiger charge is -2.11. The molecule has 0 aliphatic carbocycles. The second-order valence-corrected chi connectivity index (χ2v) is 3.28. The molecule has 0 radical (unpaired) electrons. The minimum absolute atomic E-state index is 0.150. The Morgan fingerprint density at radius 2 is 1.71 bits per heavy atom. The first kappa shape index (κ1) is 16.0. The topological polar surface area (TPSA) is 71.1 Å². The fourth-order valence-electron chi connectivity index (χ4n) is 1.10. The van der Waals surface area contributed by atoms with Crippen LogP contribution in [0.5, 0.6) is 0 Å². The number of ketones is 1. The molecule has 0 bridgehead atoms. The van der Waals surface area contributed by atoms with Gasteiger partial charge in [0.05, 0.1) is 6.61 Å². The lowest BCUT2D eigenvalue weighted by Crippen LogP contribution is -2.28. The number of hydrogen-bond acceptors (Lipinski definition) is 6. The lowest BCUT2D eigenvalue weighted by molar-refractivity contribution is -0.162. The van der Waals surface area contributed by atoms with Gasteiger partial charge < -0.3 is 18.9 Å². The smallest absolute Gasteiger partial charge is 0.313 e. The van der Waals surface area contributed by atoms with Crippen LogP contribution in [-0.4, -0.2) is 52.1 Å². The number of ether oxygens (including phenoxy) is 4. The molecular formula is C11H20O6. The highest BCUT2D eigenvalue weighted by atomic mass is 16.7. The first-order chi connectivity index (χ1) is 8.15. The average molecular weight is 248 g/mol. The summed E-state index contributed by atoms with van der Waals surface area (Å²) < 4.78 is 19.3. The third-order valence-electron chi connectivity index (χ3n) is 1.85. The Hall–Kier alpha value is -0.980. The van der Waals surface area contributed by atoms with Crippen molar-refractivity contribution in [3.8, 4) is 0 Å². The molecular weight excluding hydrogens is 228 g/mol. The van der Waals surface area contributed by atoms with Gasteiger partial charge in [0.2, 0.25) is 6.29 Å². The van der Waals surface area contributed by atoms with Crippen molar-refractivity contribution in [1.82, 2.24) is 0 Å². The fourth-order valence-corrected chi connectivity index (χ4v) is 1.10. The standard InChI is InChI=1S/C11H20O6/c1-4-5-16-6-7-17-10(13)8-9(12)11(14-2)15-3/h11H,4-8H2,1-3H3. The molecule has 0 spiro atoms. The molecule has 0 aromatic carbocycles. The fraction of sp³-hybridized carbons (Fsp3) is 0.818. The quantitative estimate of drug-likeness (QED) is 0.243. The maximum absolute atomic E-state index is 11.4. The molecule has 6 nitrogen and oxygen atoms in total. The van der Waals surface area contributed by atoms with E-state index in [4.69, 9.17) is 18.9 Å². The molecule has 17 heavy (non-hydrogen) atoms. The molecule has 0 aromatic heterocycles. The second-order valence-electron chi connectivity index (χ2n) is 3.28. The van der Waals surface area contributed by atoms with Crippen molar-refractivity contribution >= 4 is 11.8 Å². The zero-order valence-electron chi connectivity index (χ0n) is 10.6. The minimum atomic E-state index is -1.01. The summed E-state index contributed by atoms with van der Waals surface area (Å²) in [4.78, 5) is 22.6. The highest BCUT2D eigenvalue weighted by molar-refractivity contribution is 5.97. The number of esters is 1. The van der Waals surface area contributed by atoms with Crippen LogP contribution in [0.3, 0.4) is 0 Å². The van der Waals surface area contributed by atoms with Gasteiger partial charge in [0.25, 0.3) is 0 Å². The molecule has 0 aromatic rings. The van der Waals surface area contributed by atoms with E-state index in [0.717, 1.165) is 6.42 Å². The zero-order valence-corrected chi connectivity index (χ0v) is 10.6. The molecule has 100 valence electrons. The monoisotopic (exact) mass is 248 g/mol. The summed E-state index contributed by atoms with van der Waals surface area (Å²) in [5.74, 6) is -1.07. The SMILES string of the molecule is CCCOCCOC(=O)CC(=O)C(OC)OC. The highest BCUT2D eigenvalue weighted by Gasteiger charge is 2.20. The van der Waals surface area contributed by atoms with Crippen molar-refractivity contribution in [1.29, 1.82) is 0 Å². The summed E-state index contributed by atoms with van der Waals surface area (Å²) in [6, 6.07) is 0. The van der Waals surface area contributed by atoms with Crippen molar-refractivity contribution in [2.75, 3.05) is 34.0 Å². The van der Waals surface area contributed by atoms with Crippen LogP contribution in [0, 0.1) is 0 Å². The van der Waals surface area contributed by atoms with Crippen molar-refractivity contribution in [2.24, 2.45) is 0 Å². The van der Waals surface area contributed by atoms with Gasteiger partial charge in [-0.1, -0.05) is 6.92 Å². The number of hydrogen-bond donors (Lipinski definition) is 0. The van der Waals surface area contributed by atoms with E-state index >= 15 is 0 Å². The third-order valence-corrected chi connectivity index (χ3v) is 1.85. The number of carbonyl (C=O) groups is 2. The van der Waals surface area contributed by atoms with Crippen LogP contribution >= 0.6 is 0 Å². The Bertz CT molecular complexity index is 224. The summed E-state index contributed by atoms with van der Waals surface area (Å²) in [6.45, 7) is 3.11. The Kier molecular flexibility index (Phi) is 9.60. The predicted molar refractivity (Wildman–Crippen MR) is 59.5 cm³/mol. The minimum Gasteiger partial charge on any atom is -0.463 e. The van der Waals surface area contributed by atoms with E-state index in [1.54, 1.807) is 0 Å². The van der Waals surface area contributed by atoms with Crippen molar-refractivity contribution in [3.63, 3.8) is 0 Å². The van der Waals surface area contributed by atoms with E-state index in [1.807, 2.05) is 6.92 Å². The Morgan fingerprint density at radius 1 is 1.06 bits per heavy atom. The molecule has 0 atom stereocenters. The Balaban J connectivity index is 3.67. The van der Waals surface area contributed by atoms with Gasteiger partial charge in [0, 0.05) is 20.8 Å². The lowest BCUT2D eigenvalue weighted by atomic mass is 10.3. The molecule has 0 saturated carbocycles. The maximum Gasteiger partial charge on any atom is 0.313 e. The summed E-state index contributed by atoms with van der Waals surface area (Å²) in [5.41, 5.74) is 0. The molecule has 0 fully saturated rings. The van der Waals surface area contributed by atoms with Gasteiger partial charge in [-0.2, -0.15) is 0 Å². The third kappa shape index (κ3) is 7.84. The summed E-state index contributed by atoms with van der Waals surface area (Å²) in [7, 11) is 2.66. The van der Waals surface area contributed by atoms with Gasteiger partial charge in [0.15, 0.2) is 5.78 Å². The van der Waals surface area contributed by atoms with Crippen LogP contribution in [0.1, 0.15) is 19.8 Å². The van der Waals surface area contributed by atoms with E-state index < -0.39 is 18.0 Å². The molecule has 0 rings (SSSR count). The van der Waals surface area contributed by atoms with Gasteiger partial charge in [-0.3, -0.25) is 9.59 Å². The van der Waals surface area contributed by atoms with Gasteiger partial charge in [-0.05, 0) is 6.42 Å². The van der Waals surface area contributed by atoms with E-state index in [-0.39, 0.29) is 13.0 Å². The number of rotatable bonds is 10. The van der Waals surface area contributed by atoms with Crippen LogP contribution in [0.4, 0.5) is 0 Å². The maximum atomic E-state index is 11.4. The molecule has 0 N–H and O–H groups in total. The highest BCUT2D eigenvalue weighted by Crippen LogP contribution is 1.99. The molecule has 6 heteroatoms. The van der Waals surface area contributed by atoms with Gasteiger partial charge in [-0.15, -0.1) is 0 Å². The van der Waals surface area contributed by atoms with Crippen molar-refractivity contribution < 1.29 is 28.5 Å². The van der Waals surface area contributed by atoms with E-state index in [2.05, 4.69) is 0 Å². The van der Waals surface area contributed by atoms with Crippen molar-refractivity contribution in [2.45, 2.75) is 26.1 Å². The van der Waals surface area contributed by atoms with E-state index in [1.165, 1.54) is 14.2 Å². The Labute approximate surface area is 101 Å². The van der Waals surface area contributed by atoms with E-state index in [0.29, 0.717) is 13.2 Å². The largest absolute Gasteiger partial charge is 0.463 e.